The zero-order valence-electron chi connectivity index (χ0n) is 9.81. The predicted molar refractivity (Wildman–Crippen MR) is 74.6 cm³/mol. The summed E-state index contributed by atoms with van der Waals surface area (Å²) >= 11 is 3.44. The van der Waals surface area contributed by atoms with Crippen LogP contribution in [-0.2, 0) is 0 Å². The Bertz CT molecular complexity index is 579. The molecule has 0 radical (unpaired) electrons. The number of rotatable bonds is 3. The van der Waals surface area contributed by atoms with E-state index < -0.39 is 5.91 Å². The highest BCUT2D eigenvalue weighted by Crippen LogP contribution is 2.30. The number of carbonyl (C=O) groups excluding carboxylic acids is 1. The van der Waals surface area contributed by atoms with Gasteiger partial charge in [-0.1, -0.05) is 18.2 Å². The molecule has 0 aliphatic rings. The van der Waals surface area contributed by atoms with E-state index in [4.69, 9.17) is 10.5 Å². The molecule has 2 rings (SSSR count). The molecule has 4 heteroatoms. The van der Waals surface area contributed by atoms with Crippen molar-refractivity contribution < 1.29 is 9.53 Å². The Labute approximate surface area is 114 Å². The van der Waals surface area contributed by atoms with Gasteiger partial charge >= 0.3 is 0 Å². The lowest BCUT2D eigenvalue weighted by Crippen LogP contribution is -2.10. The Morgan fingerprint density at radius 3 is 2.22 bits per heavy atom. The Balaban J connectivity index is 2.36. The van der Waals surface area contributed by atoms with Crippen LogP contribution in [0.25, 0.3) is 11.1 Å². The Kier molecular flexibility index (Phi) is 3.67. The van der Waals surface area contributed by atoms with Crippen molar-refractivity contribution in [2.24, 2.45) is 5.73 Å². The average Bonchev–Trinajstić information content (AvgIpc) is 2.38. The highest BCUT2D eigenvalue weighted by Gasteiger charge is 2.05. The summed E-state index contributed by atoms with van der Waals surface area (Å²) in [5.74, 6) is 0.366. The molecule has 0 saturated heterocycles. The molecule has 0 aliphatic heterocycles. The molecular formula is C14H12BrNO2. The van der Waals surface area contributed by atoms with Gasteiger partial charge in [0.15, 0.2) is 0 Å². The summed E-state index contributed by atoms with van der Waals surface area (Å²) in [5, 5.41) is 0. The quantitative estimate of drug-likeness (QED) is 0.946. The number of hydrogen-bond donors (Lipinski definition) is 1. The molecule has 0 fully saturated rings. The van der Waals surface area contributed by atoms with E-state index in [1.54, 1.807) is 19.2 Å². The molecule has 0 bridgehead atoms. The summed E-state index contributed by atoms with van der Waals surface area (Å²) in [6.45, 7) is 0. The number of ether oxygens (including phenoxy) is 1. The normalized spacial score (nSPS) is 10.1. The zero-order chi connectivity index (χ0) is 13.1. The molecule has 0 heterocycles. The van der Waals surface area contributed by atoms with Gasteiger partial charge < -0.3 is 10.5 Å². The van der Waals surface area contributed by atoms with E-state index in [9.17, 15) is 4.79 Å². The molecule has 0 unspecified atom stereocenters. The zero-order valence-corrected chi connectivity index (χ0v) is 11.4. The van der Waals surface area contributed by atoms with E-state index in [0.29, 0.717) is 5.56 Å². The Morgan fingerprint density at radius 2 is 1.72 bits per heavy atom. The maximum atomic E-state index is 11.0. The van der Waals surface area contributed by atoms with Crippen molar-refractivity contribution in [3.05, 3.63) is 52.5 Å². The van der Waals surface area contributed by atoms with E-state index in [-0.39, 0.29) is 0 Å². The van der Waals surface area contributed by atoms with E-state index in [2.05, 4.69) is 15.9 Å². The van der Waals surface area contributed by atoms with Gasteiger partial charge in [-0.05, 0) is 51.3 Å². The molecule has 0 spiro atoms. The first kappa shape index (κ1) is 12.6. The first-order valence-corrected chi connectivity index (χ1v) is 6.15. The molecule has 18 heavy (non-hydrogen) atoms. The molecule has 0 aromatic heterocycles. The third-order valence-electron chi connectivity index (χ3n) is 2.65. The SMILES string of the molecule is COc1ccc(-c2ccc(C(N)=O)cc2)cc1Br. The van der Waals surface area contributed by atoms with Gasteiger partial charge in [-0.15, -0.1) is 0 Å². The lowest BCUT2D eigenvalue weighted by molar-refractivity contribution is 0.100. The van der Waals surface area contributed by atoms with Crippen LogP contribution in [0.15, 0.2) is 46.9 Å². The van der Waals surface area contributed by atoms with E-state index >= 15 is 0 Å². The molecule has 0 aliphatic carbocycles. The van der Waals surface area contributed by atoms with Crippen LogP contribution in [0.3, 0.4) is 0 Å². The van der Waals surface area contributed by atoms with Crippen molar-refractivity contribution >= 4 is 21.8 Å². The number of nitrogens with two attached hydrogens (primary N) is 1. The third kappa shape index (κ3) is 2.54. The van der Waals surface area contributed by atoms with Gasteiger partial charge in [0.05, 0.1) is 11.6 Å². The summed E-state index contributed by atoms with van der Waals surface area (Å²) in [5.41, 5.74) is 7.76. The van der Waals surface area contributed by atoms with Gasteiger partial charge in [-0.2, -0.15) is 0 Å². The minimum Gasteiger partial charge on any atom is -0.496 e. The predicted octanol–water partition coefficient (Wildman–Crippen LogP) is 3.22. The van der Waals surface area contributed by atoms with Crippen LogP contribution in [0.4, 0.5) is 0 Å². The highest BCUT2D eigenvalue weighted by molar-refractivity contribution is 9.10. The van der Waals surface area contributed by atoms with Crippen molar-refractivity contribution in [3.8, 4) is 16.9 Å². The summed E-state index contributed by atoms with van der Waals surface area (Å²) in [7, 11) is 1.63. The maximum absolute atomic E-state index is 11.0. The number of primary amides is 1. The molecule has 3 nitrogen and oxygen atoms in total. The summed E-state index contributed by atoms with van der Waals surface area (Å²) in [6, 6.07) is 13.0. The standard InChI is InChI=1S/C14H12BrNO2/c1-18-13-7-6-11(8-12(13)15)9-2-4-10(5-3-9)14(16)17/h2-8H,1H3,(H2,16,17). The number of carbonyl (C=O) groups is 1. The fourth-order valence-electron chi connectivity index (χ4n) is 1.67. The third-order valence-corrected chi connectivity index (χ3v) is 3.27. The smallest absolute Gasteiger partial charge is 0.248 e. The average molecular weight is 306 g/mol. The minimum absolute atomic E-state index is 0.419. The molecule has 1 amide bonds. The van der Waals surface area contributed by atoms with Crippen molar-refractivity contribution in [1.82, 2.24) is 0 Å². The van der Waals surface area contributed by atoms with Crippen LogP contribution in [0.1, 0.15) is 10.4 Å². The van der Waals surface area contributed by atoms with Crippen molar-refractivity contribution in [3.63, 3.8) is 0 Å². The molecule has 2 aromatic carbocycles. The first-order chi connectivity index (χ1) is 8.61. The molecule has 2 N–H and O–H groups in total. The molecular weight excluding hydrogens is 294 g/mol. The molecule has 2 aromatic rings. The number of benzene rings is 2. The summed E-state index contributed by atoms with van der Waals surface area (Å²) in [6.07, 6.45) is 0. The van der Waals surface area contributed by atoms with E-state index in [1.165, 1.54) is 0 Å². The highest BCUT2D eigenvalue weighted by atomic mass is 79.9. The molecule has 0 atom stereocenters. The number of hydrogen-bond acceptors (Lipinski definition) is 2. The van der Waals surface area contributed by atoms with Crippen molar-refractivity contribution in [2.45, 2.75) is 0 Å². The van der Waals surface area contributed by atoms with Crippen LogP contribution in [0.2, 0.25) is 0 Å². The van der Waals surface area contributed by atoms with Crippen molar-refractivity contribution in [1.29, 1.82) is 0 Å². The first-order valence-electron chi connectivity index (χ1n) is 5.35. The maximum Gasteiger partial charge on any atom is 0.248 e. The largest absolute Gasteiger partial charge is 0.496 e. The fourth-order valence-corrected chi connectivity index (χ4v) is 2.21. The van der Waals surface area contributed by atoms with Gasteiger partial charge in [0, 0.05) is 5.56 Å². The van der Waals surface area contributed by atoms with Crippen LogP contribution < -0.4 is 10.5 Å². The van der Waals surface area contributed by atoms with Crippen LogP contribution in [-0.4, -0.2) is 13.0 Å². The van der Waals surface area contributed by atoms with Crippen LogP contribution in [0.5, 0.6) is 5.75 Å². The molecule has 92 valence electrons. The monoisotopic (exact) mass is 305 g/mol. The van der Waals surface area contributed by atoms with Gasteiger partial charge in [0.25, 0.3) is 0 Å². The number of methoxy groups -OCH3 is 1. The van der Waals surface area contributed by atoms with E-state index in [0.717, 1.165) is 21.3 Å². The van der Waals surface area contributed by atoms with Crippen LogP contribution in [0, 0.1) is 0 Å². The summed E-state index contributed by atoms with van der Waals surface area (Å²) < 4.78 is 6.07. The lowest BCUT2D eigenvalue weighted by Gasteiger charge is -2.07. The van der Waals surface area contributed by atoms with Gasteiger partial charge in [-0.3, -0.25) is 4.79 Å². The van der Waals surface area contributed by atoms with Gasteiger partial charge in [0.2, 0.25) is 5.91 Å². The Morgan fingerprint density at radius 1 is 1.11 bits per heavy atom. The van der Waals surface area contributed by atoms with Crippen LogP contribution >= 0.6 is 15.9 Å². The van der Waals surface area contributed by atoms with Gasteiger partial charge in [0.1, 0.15) is 5.75 Å². The van der Waals surface area contributed by atoms with Crippen molar-refractivity contribution in [2.75, 3.05) is 7.11 Å². The lowest BCUT2D eigenvalue weighted by atomic mass is 10.0. The number of halogens is 1. The second-order valence-electron chi connectivity index (χ2n) is 3.79. The second kappa shape index (κ2) is 5.23. The number of amides is 1. The molecule has 0 saturated carbocycles. The summed E-state index contributed by atoms with van der Waals surface area (Å²) in [4.78, 5) is 11.0. The fraction of sp³-hybridized carbons (Fsp3) is 0.0714. The topological polar surface area (TPSA) is 52.3 Å². The minimum atomic E-state index is -0.419. The van der Waals surface area contributed by atoms with Gasteiger partial charge in [-0.25, -0.2) is 0 Å². The Hall–Kier alpha value is -1.81. The van der Waals surface area contributed by atoms with E-state index in [1.807, 2.05) is 30.3 Å². The second-order valence-corrected chi connectivity index (χ2v) is 4.65.